The lowest BCUT2D eigenvalue weighted by molar-refractivity contribution is 0.0995. The van der Waals surface area contributed by atoms with Gasteiger partial charge in [0.15, 0.2) is 17.2 Å². The van der Waals surface area contributed by atoms with Gasteiger partial charge in [0.2, 0.25) is 5.78 Å². The van der Waals surface area contributed by atoms with E-state index in [0.29, 0.717) is 23.7 Å². The van der Waals surface area contributed by atoms with Crippen molar-refractivity contribution in [2.24, 2.45) is 0 Å². The van der Waals surface area contributed by atoms with Crippen LogP contribution in [0, 0.1) is 0 Å². The van der Waals surface area contributed by atoms with Gasteiger partial charge in [-0.2, -0.15) is 5.10 Å². The molecule has 0 bridgehead atoms. The third-order valence-corrected chi connectivity index (χ3v) is 2.42. The van der Waals surface area contributed by atoms with Crippen LogP contribution < -0.4 is 4.74 Å². The van der Waals surface area contributed by atoms with Gasteiger partial charge in [-0.1, -0.05) is 6.92 Å². The van der Waals surface area contributed by atoms with Gasteiger partial charge in [-0.3, -0.25) is 9.48 Å². The molecule has 0 aliphatic heterocycles. The van der Waals surface area contributed by atoms with E-state index in [9.17, 15) is 4.79 Å². The fraction of sp³-hybridized carbons (Fsp3) is 0.333. The van der Waals surface area contributed by atoms with Crippen LogP contribution in [0.2, 0.25) is 0 Å². The lowest BCUT2D eigenvalue weighted by Gasteiger charge is -2.05. The molecule has 0 unspecified atom stereocenters. The molecule has 0 aromatic carbocycles. The highest BCUT2D eigenvalue weighted by Crippen LogP contribution is 2.21. The Morgan fingerprint density at radius 3 is 3.00 bits per heavy atom. The second-order valence-corrected chi connectivity index (χ2v) is 3.59. The Morgan fingerprint density at radius 2 is 2.41 bits per heavy atom. The van der Waals surface area contributed by atoms with E-state index >= 15 is 0 Å². The van der Waals surface area contributed by atoms with E-state index in [0.717, 1.165) is 6.42 Å². The van der Waals surface area contributed by atoms with Gasteiger partial charge in [0.05, 0.1) is 19.6 Å². The van der Waals surface area contributed by atoms with Crippen molar-refractivity contribution >= 4 is 5.78 Å². The molecule has 0 atom stereocenters. The number of aryl methyl sites for hydroxylation is 1. The molecule has 0 fully saturated rings. The highest BCUT2D eigenvalue weighted by Gasteiger charge is 2.22. The van der Waals surface area contributed by atoms with E-state index in [4.69, 9.17) is 9.15 Å². The van der Waals surface area contributed by atoms with Gasteiger partial charge >= 0.3 is 0 Å². The van der Waals surface area contributed by atoms with Gasteiger partial charge < -0.3 is 9.15 Å². The van der Waals surface area contributed by atoms with Gasteiger partial charge in [-0.05, 0) is 18.6 Å². The van der Waals surface area contributed by atoms with Crippen molar-refractivity contribution in [3.8, 4) is 5.75 Å². The summed E-state index contributed by atoms with van der Waals surface area (Å²) >= 11 is 0. The molecule has 5 nitrogen and oxygen atoms in total. The molecule has 0 saturated heterocycles. The summed E-state index contributed by atoms with van der Waals surface area (Å²) in [5.74, 6) is 0.554. The van der Waals surface area contributed by atoms with Gasteiger partial charge in [-0.15, -0.1) is 0 Å². The van der Waals surface area contributed by atoms with Gasteiger partial charge in [0, 0.05) is 6.54 Å². The first-order chi connectivity index (χ1) is 8.27. The summed E-state index contributed by atoms with van der Waals surface area (Å²) in [5.41, 5.74) is 0.435. The number of hydrogen-bond acceptors (Lipinski definition) is 4. The minimum atomic E-state index is -0.210. The Labute approximate surface area is 99.0 Å². The fourth-order valence-electron chi connectivity index (χ4n) is 1.65. The molecule has 0 saturated carbocycles. The number of carbonyl (C=O) groups is 1. The summed E-state index contributed by atoms with van der Waals surface area (Å²) < 4.78 is 11.9. The molecule has 17 heavy (non-hydrogen) atoms. The Morgan fingerprint density at radius 1 is 1.59 bits per heavy atom. The van der Waals surface area contributed by atoms with Crippen molar-refractivity contribution in [2.45, 2.75) is 19.9 Å². The van der Waals surface area contributed by atoms with Crippen molar-refractivity contribution < 1.29 is 13.9 Å². The minimum absolute atomic E-state index is 0.210. The number of carbonyl (C=O) groups excluding carboxylic acids is 1. The van der Waals surface area contributed by atoms with Crippen LogP contribution >= 0.6 is 0 Å². The first-order valence-corrected chi connectivity index (χ1v) is 5.46. The summed E-state index contributed by atoms with van der Waals surface area (Å²) in [7, 11) is 1.52. The molecule has 0 radical (unpaired) electrons. The van der Waals surface area contributed by atoms with Crippen LogP contribution in [0.1, 0.15) is 29.6 Å². The molecular weight excluding hydrogens is 220 g/mol. The molecule has 90 valence electrons. The first kappa shape index (κ1) is 11.4. The summed E-state index contributed by atoms with van der Waals surface area (Å²) in [6.07, 6.45) is 3.91. The van der Waals surface area contributed by atoms with E-state index in [1.165, 1.54) is 13.4 Å². The van der Waals surface area contributed by atoms with Crippen molar-refractivity contribution in [1.82, 2.24) is 9.78 Å². The SMILES string of the molecule is CCCn1ncc(OC)c1C(=O)c1ccco1. The van der Waals surface area contributed by atoms with E-state index in [-0.39, 0.29) is 5.78 Å². The number of rotatable bonds is 5. The quantitative estimate of drug-likeness (QED) is 0.743. The molecule has 2 aromatic rings. The zero-order chi connectivity index (χ0) is 12.3. The maximum Gasteiger partial charge on any atom is 0.249 e. The van der Waals surface area contributed by atoms with E-state index < -0.39 is 0 Å². The largest absolute Gasteiger partial charge is 0.493 e. The number of ketones is 1. The molecule has 0 spiro atoms. The number of hydrogen-bond donors (Lipinski definition) is 0. The van der Waals surface area contributed by atoms with E-state index in [1.807, 2.05) is 6.92 Å². The normalized spacial score (nSPS) is 10.5. The third kappa shape index (κ3) is 2.08. The predicted molar refractivity (Wildman–Crippen MR) is 61.2 cm³/mol. The first-order valence-electron chi connectivity index (χ1n) is 5.46. The molecule has 0 aliphatic rings. The third-order valence-electron chi connectivity index (χ3n) is 2.42. The second-order valence-electron chi connectivity index (χ2n) is 3.59. The molecule has 2 heterocycles. The van der Waals surface area contributed by atoms with Crippen molar-refractivity contribution in [1.29, 1.82) is 0 Å². The summed E-state index contributed by atoms with van der Waals surface area (Å²) in [5, 5.41) is 4.14. The van der Waals surface area contributed by atoms with Crippen LogP contribution in [0.4, 0.5) is 0 Å². The molecule has 2 rings (SSSR count). The molecule has 0 amide bonds. The van der Waals surface area contributed by atoms with Gasteiger partial charge in [-0.25, -0.2) is 0 Å². The average Bonchev–Trinajstić information content (AvgIpc) is 2.97. The van der Waals surface area contributed by atoms with Gasteiger partial charge in [0.25, 0.3) is 0 Å². The molecule has 5 heteroatoms. The fourth-order valence-corrected chi connectivity index (χ4v) is 1.65. The van der Waals surface area contributed by atoms with Crippen LogP contribution in [-0.2, 0) is 6.54 Å². The Kier molecular flexibility index (Phi) is 3.27. The lowest BCUT2D eigenvalue weighted by Crippen LogP contribution is -2.12. The number of aromatic nitrogens is 2. The number of methoxy groups -OCH3 is 1. The van der Waals surface area contributed by atoms with Crippen LogP contribution in [-0.4, -0.2) is 22.7 Å². The number of ether oxygens (including phenoxy) is 1. The minimum Gasteiger partial charge on any atom is -0.493 e. The smallest absolute Gasteiger partial charge is 0.249 e. The zero-order valence-corrected chi connectivity index (χ0v) is 9.84. The van der Waals surface area contributed by atoms with Crippen LogP contribution in [0.3, 0.4) is 0 Å². The van der Waals surface area contributed by atoms with Crippen molar-refractivity contribution in [2.75, 3.05) is 7.11 Å². The zero-order valence-electron chi connectivity index (χ0n) is 9.84. The Bertz CT molecular complexity index is 500. The van der Waals surface area contributed by atoms with Crippen LogP contribution in [0.15, 0.2) is 29.0 Å². The maximum atomic E-state index is 12.2. The van der Waals surface area contributed by atoms with Gasteiger partial charge in [0.1, 0.15) is 0 Å². The number of nitrogens with zero attached hydrogens (tertiary/aromatic N) is 2. The summed E-state index contributed by atoms with van der Waals surface area (Å²) in [6, 6.07) is 3.31. The van der Waals surface area contributed by atoms with Crippen molar-refractivity contribution in [3.63, 3.8) is 0 Å². The second kappa shape index (κ2) is 4.86. The van der Waals surface area contributed by atoms with E-state index in [1.54, 1.807) is 23.0 Å². The highest BCUT2D eigenvalue weighted by molar-refractivity contribution is 6.07. The van der Waals surface area contributed by atoms with Crippen LogP contribution in [0.5, 0.6) is 5.75 Å². The highest BCUT2D eigenvalue weighted by atomic mass is 16.5. The summed E-state index contributed by atoms with van der Waals surface area (Å²) in [4.78, 5) is 12.2. The molecular formula is C12H14N2O3. The molecule has 0 N–H and O–H groups in total. The Hall–Kier alpha value is -2.04. The number of furan rings is 1. The molecule has 0 aliphatic carbocycles. The van der Waals surface area contributed by atoms with Crippen LogP contribution in [0.25, 0.3) is 0 Å². The van der Waals surface area contributed by atoms with Crippen molar-refractivity contribution in [3.05, 3.63) is 36.0 Å². The monoisotopic (exact) mass is 234 g/mol. The van der Waals surface area contributed by atoms with E-state index in [2.05, 4.69) is 5.10 Å². The molecule has 2 aromatic heterocycles. The maximum absolute atomic E-state index is 12.2. The lowest BCUT2D eigenvalue weighted by atomic mass is 10.2. The predicted octanol–water partition coefficient (Wildman–Crippen LogP) is 2.13. The standard InChI is InChI=1S/C12H14N2O3/c1-3-6-14-11(10(16-2)8-13-14)12(15)9-5-4-7-17-9/h4-5,7-8H,3,6H2,1-2H3. The topological polar surface area (TPSA) is 57.3 Å². The Balaban J connectivity index is 2.42. The summed E-state index contributed by atoms with van der Waals surface area (Å²) in [6.45, 7) is 2.69. The average molecular weight is 234 g/mol.